The van der Waals surface area contributed by atoms with E-state index >= 15 is 4.39 Å². The summed E-state index contributed by atoms with van der Waals surface area (Å²) in [5.74, 6) is -0.345. The van der Waals surface area contributed by atoms with Crippen molar-refractivity contribution in [1.82, 2.24) is 15.1 Å². The number of hydrogen-bond donors (Lipinski definition) is 1. The van der Waals surface area contributed by atoms with Gasteiger partial charge in [-0.05, 0) is 69.5 Å². The highest BCUT2D eigenvalue weighted by Crippen LogP contribution is 2.34. The van der Waals surface area contributed by atoms with E-state index in [0.29, 0.717) is 49.5 Å². The van der Waals surface area contributed by atoms with Crippen LogP contribution in [-0.4, -0.2) is 86.4 Å². The maximum atomic E-state index is 15.2. The molecule has 0 aromatic heterocycles. The molecule has 2 saturated heterocycles. The summed E-state index contributed by atoms with van der Waals surface area (Å²) in [6.45, 7) is 7.07. The number of methoxy groups -OCH3 is 1. The Morgan fingerprint density at radius 3 is 2.59 bits per heavy atom. The number of likely N-dealkylation sites (tertiary alicyclic amines) is 1. The number of hydrogen-bond acceptors (Lipinski definition) is 5. The summed E-state index contributed by atoms with van der Waals surface area (Å²) >= 11 is 0. The third-order valence-corrected chi connectivity index (χ3v) is 7.58. The minimum absolute atomic E-state index is 0. The van der Waals surface area contributed by atoms with Gasteiger partial charge in [0.05, 0.1) is 19.6 Å². The van der Waals surface area contributed by atoms with Crippen LogP contribution in [0.1, 0.15) is 55.5 Å². The minimum atomic E-state index is -1.03. The third kappa shape index (κ3) is 8.40. The summed E-state index contributed by atoms with van der Waals surface area (Å²) in [7, 11) is 1.61. The van der Waals surface area contributed by atoms with E-state index in [0.717, 1.165) is 31.5 Å². The third-order valence-electron chi connectivity index (χ3n) is 7.58. The number of amides is 2. The van der Waals surface area contributed by atoms with Crippen LogP contribution < -0.4 is 10.1 Å². The molecule has 2 atom stereocenters. The van der Waals surface area contributed by atoms with Gasteiger partial charge in [-0.25, -0.2) is 8.78 Å². The SMILES string of the molecule is COCCCOc1cc(CC(=O)N(C(C)C)[C@@H]2CCCNC2)ccc1-c1cc(C(=O)N2CCC(F)C2)ccc1F.Cl. The largest absolute Gasteiger partial charge is 0.493 e. The first-order chi connectivity index (χ1) is 19.3. The molecule has 0 radical (unpaired) electrons. The Kier molecular flexibility index (Phi) is 12.4. The van der Waals surface area contributed by atoms with E-state index in [1.807, 2.05) is 24.8 Å². The molecule has 2 fully saturated rings. The standard InChI is InChI=1S/C31H41F2N3O4.ClH/c1-21(2)36(25-6-4-12-34-19-25)30(37)17-22-7-9-26(29(16-22)40-15-5-14-39-3)27-18-23(8-10-28(27)33)31(38)35-13-11-24(32)20-35;/h7-10,16,18,21,24-25,34H,4-6,11-15,17,19-20H2,1-3H3;1H/t24?,25-;/m1./s1. The van der Waals surface area contributed by atoms with Crippen molar-refractivity contribution < 1.29 is 27.8 Å². The number of nitrogens with zero attached hydrogens (tertiary/aromatic N) is 2. The number of carbonyl (C=O) groups is 2. The van der Waals surface area contributed by atoms with Crippen molar-refractivity contribution in [3.05, 3.63) is 53.3 Å². The quantitative estimate of drug-likeness (QED) is 0.370. The van der Waals surface area contributed by atoms with Crippen LogP contribution in [0.25, 0.3) is 11.1 Å². The molecule has 2 aliphatic rings. The van der Waals surface area contributed by atoms with Crippen LogP contribution in [0, 0.1) is 5.82 Å². The van der Waals surface area contributed by atoms with E-state index in [4.69, 9.17) is 9.47 Å². The predicted molar refractivity (Wildman–Crippen MR) is 158 cm³/mol. The highest BCUT2D eigenvalue weighted by molar-refractivity contribution is 5.96. The summed E-state index contributed by atoms with van der Waals surface area (Å²) in [5, 5.41) is 3.39. The first-order valence-electron chi connectivity index (χ1n) is 14.3. The summed E-state index contributed by atoms with van der Waals surface area (Å²) in [6.07, 6.45) is 2.12. The Labute approximate surface area is 248 Å². The molecule has 1 unspecified atom stereocenters. The zero-order valence-electron chi connectivity index (χ0n) is 24.2. The van der Waals surface area contributed by atoms with Gasteiger partial charge >= 0.3 is 0 Å². The molecule has 2 aromatic rings. The topological polar surface area (TPSA) is 71.1 Å². The van der Waals surface area contributed by atoms with Crippen molar-refractivity contribution >= 4 is 24.2 Å². The fourth-order valence-corrected chi connectivity index (χ4v) is 5.60. The molecule has 0 spiro atoms. The second-order valence-corrected chi connectivity index (χ2v) is 10.9. The molecular formula is C31H42ClF2N3O4. The zero-order chi connectivity index (χ0) is 28.6. The zero-order valence-corrected chi connectivity index (χ0v) is 25.0. The van der Waals surface area contributed by atoms with E-state index in [9.17, 15) is 14.0 Å². The van der Waals surface area contributed by atoms with E-state index < -0.39 is 12.0 Å². The van der Waals surface area contributed by atoms with Crippen LogP contribution in [0.4, 0.5) is 8.78 Å². The monoisotopic (exact) mass is 593 g/mol. The van der Waals surface area contributed by atoms with Crippen LogP contribution in [0.3, 0.4) is 0 Å². The van der Waals surface area contributed by atoms with Gasteiger partial charge in [-0.1, -0.05) is 12.1 Å². The lowest BCUT2D eigenvalue weighted by molar-refractivity contribution is -0.135. The van der Waals surface area contributed by atoms with E-state index in [2.05, 4.69) is 5.32 Å². The number of nitrogens with one attached hydrogen (secondary N) is 1. The van der Waals surface area contributed by atoms with E-state index in [-0.39, 0.29) is 54.8 Å². The summed E-state index contributed by atoms with van der Waals surface area (Å²) in [6, 6.07) is 9.77. The molecule has 4 rings (SSSR count). The number of ether oxygens (including phenoxy) is 2. The van der Waals surface area contributed by atoms with Crippen LogP contribution in [0.5, 0.6) is 5.75 Å². The van der Waals surface area contributed by atoms with Crippen molar-refractivity contribution in [3.8, 4) is 16.9 Å². The average Bonchev–Trinajstić information content (AvgIpc) is 3.38. The number of piperidine rings is 1. The molecule has 2 aliphatic heterocycles. The van der Waals surface area contributed by atoms with Gasteiger partial charge in [-0.15, -0.1) is 12.4 Å². The van der Waals surface area contributed by atoms with Gasteiger partial charge in [-0.3, -0.25) is 9.59 Å². The second-order valence-electron chi connectivity index (χ2n) is 10.9. The van der Waals surface area contributed by atoms with E-state index in [1.165, 1.54) is 23.1 Å². The average molecular weight is 594 g/mol. The molecule has 226 valence electrons. The molecule has 41 heavy (non-hydrogen) atoms. The number of carbonyl (C=O) groups excluding carboxylic acids is 2. The lowest BCUT2D eigenvalue weighted by Gasteiger charge is -2.37. The minimum Gasteiger partial charge on any atom is -0.493 e. The van der Waals surface area contributed by atoms with Crippen LogP contribution in [0.2, 0.25) is 0 Å². The highest BCUT2D eigenvalue weighted by Gasteiger charge is 2.29. The number of benzene rings is 2. The lowest BCUT2D eigenvalue weighted by Crippen LogP contribution is -2.52. The Balaban J connectivity index is 0.00000462. The van der Waals surface area contributed by atoms with Gasteiger partial charge in [0.2, 0.25) is 5.91 Å². The molecule has 1 N–H and O–H groups in total. The van der Waals surface area contributed by atoms with Crippen LogP contribution in [0.15, 0.2) is 36.4 Å². The summed E-state index contributed by atoms with van der Waals surface area (Å²) in [4.78, 5) is 29.9. The van der Waals surface area contributed by atoms with Gasteiger partial charge in [-0.2, -0.15) is 0 Å². The predicted octanol–water partition coefficient (Wildman–Crippen LogP) is 5.05. The van der Waals surface area contributed by atoms with Gasteiger partial charge < -0.3 is 24.6 Å². The van der Waals surface area contributed by atoms with E-state index in [1.54, 1.807) is 19.2 Å². The Morgan fingerprint density at radius 2 is 1.93 bits per heavy atom. The first kappa shape index (κ1) is 32.8. The Hall–Kier alpha value is -2.75. The fourth-order valence-electron chi connectivity index (χ4n) is 5.60. The van der Waals surface area contributed by atoms with Crippen LogP contribution >= 0.6 is 12.4 Å². The van der Waals surface area contributed by atoms with Gasteiger partial charge in [0.25, 0.3) is 5.91 Å². The fraction of sp³-hybridized carbons (Fsp3) is 0.548. The van der Waals surface area contributed by atoms with Crippen molar-refractivity contribution in [2.24, 2.45) is 0 Å². The Morgan fingerprint density at radius 1 is 1.12 bits per heavy atom. The first-order valence-corrected chi connectivity index (χ1v) is 14.3. The second kappa shape index (κ2) is 15.5. The number of alkyl halides is 1. The normalized spacial score (nSPS) is 18.7. The smallest absolute Gasteiger partial charge is 0.253 e. The van der Waals surface area contributed by atoms with Gasteiger partial charge in [0.1, 0.15) is 17.7 Å². The highest BCUT2D eigenvalue weighted by atomic mass is 35.5. The lowest BCUT2D eigenvalue weighted by atomic mass is 9.97. The van der Waals surface area contributed by atoms with Gasteiger partial charge in [0, 0.05) is 62.0 Å². The molecule has 0 aliphatic carbocycles. The maximum Gasteiger partial charge on any atom is 0.253 e. The van der Waals surface area contributed by atoms with Crippen molar-refractivity contribution in [3.63, 3.8) is 0 Å². The summed E-state index contributed by atoms with van der Waals surface area (Å²) in [5.41, 5.74) is 1.77. The maximum absolute atomic E-state index is 15.2. The molecule has 0 saturated carbocycles. The molecule has 2 heterocycles. The summed E-state index contributed by atoms with van der Waals surface area (Å²) < 4.78 is 40.1. The number of halogens is 3. The molecule has 2 aromatic carbocycles. The van der Waals surface area contributed by atoms with Crippen molar-refractivity contribution in [1.29, 1.82) is 0 Å². The van der Waals surface area contributed by atoms with Crippen LogP contribution in [-0.2, 0) is 16.0 Å². The number of rotatable bonds is 11. The van der Waals surface area contributed by atoms with Crippen molar-refractivity contribution in [2.45, 2.75) is 64.2 Å². The molecular weight excluding hydrogens is 552 g/mol. The van der Waals surface area contributed by atoms with Gasteiger partial charge in [0.15, 0.2) is 0 Å². The molecule has 10 heteroatoms. The Bertz CT molecular complexity index is 1180. The molecule has 0 bridgehead atoms. The molecule has 7 nitrogen and oxygen atoms in total. The molecule has 2 amide bonds. The van der Waals surface area contributed by atoms with Crippen molar-refractivity contribution in [2.75, 3.05) is 46.5 Å².